The van der Waals surface area contributed by atoms with E-state index in [-0.39, 0.29) is 23.6 Å². The second kappa shape index (κ2) is 6.14. The van der Waals surface area contributed by atoms with E-state index in [4.69, 9.17) is 14.4 Å². The molecule has 1 rings (SSSR count). The number of amides is 1. The van der Waals surface area contributed by atoms with Crippen molar-refractivity contribution in [2.75, 3.05) is 13.7 Å². The van der Waals surface area contributed by atoms with Crippen LogP contribution < -0.4 is 5.32 Å². The summed E-state index contributed by atoms with van der Waals surface area (Å²) < 4.78 is 10.0. The van der Waals surface area contributed by atoms with Gasteiger partial charge in [-0.3, -0.25) is 4.79 Å². The van der Waals surface area contributed by atoms with Crippen molar-refractivity contribution in [2.45, 2.75) is 39.1 Å². The number of carbonyl (C=O) groups excluding carboxylic acids is 1. The molecule has 0 fully saturated rings. The summed E-state index contributed by atoms with van der Waals surface area (Å²) in [7, 11) is 1.55. The van der Waals surface area contributed by atoms with E-state index < -0.39 is 24.2 Å². The van der Waals surface area contributed by atoms with Gasteiger partial charge in [0.2, 0.25) is 0 Å². The summed E-state index contributed by atoms with van der Waals surface area (Å²) in [5.41, 5.74) is -0.328. The van der Waals surface area contributed by atoms with Gasteiger partial charge in [-0.25, -0.2) is 0 Å². The number of aliphatic hydroxyl groups excluding tert-OH is 2. The van der Waals surface area contributed by atoms with Crippen LogP contribution in [0.4, 0.5) is 0 Å². The maximum Gasteiger partial charge on any atom is 0.273 e. The number of nitrogens with one attached hydrogen (secondary N) is 1. The molecule has 0 radical (unpaired) electrons. The minimum atomic E-state index is -0.954. The van der Waals surface area contributed by atoms with Crippen LogP contribution in [0, 0.1) is 0 Å². The summed E-state index contributed by atoms with van der Waals surface area (Å²) in [6, 6.07) is 0. The normalized spacial score (nSPS) is 13.4. The zero-order valence-electron chi connectivity index (χ0n) is 11.6. The topological polar surface area (TPSA) is 105 Å². The second-order valence-corrected chi connectivity index (χ2v) is 4.85. The summed E-state index contributed by atoms with van der Waals surface area (Å²) in [6.45, 7) is 4.98. The molecule has 0 aromatic carbocycles. The van der Waals surface area contributed by atoms with Crippen LogP contribution in [0.25, 0.3) is 0 Å². The van der Waals surface area contributed by atoms with Gasteiger partial charge in [0.05, 0.1) is 17.3 Å². The molecule has 7 nitrogen and oxygen atoms in total. The Morgan fingerprint density at radius 2 is 2.21 bits per heavy atom. The SMILES string of the molecule is COC(C)(C)CNC(=O)c1noc(CO)c1C(C)O. The van der Waals surface area contributed by atoms with Gasteiger partial charge in [0.25, 0.3) is 5.91 Å². The fourth-order valence-electron chi connectivity index (χ4n) is 1.49. The Morgan fingerprint density at radius 1 is 1.58 bits per heavy atom. The molecule has 0 saturated heterocycles. The van der Waals surface area contributed by atoms with E-state index in [9.17, 15) is 9.90 Å². The summed E-state index contributed by atoms with van der Waals surface area (Å²) >= 11 is 0. The van der Waals surface area contributed by atoms with Gasteiger partial charge in [0.1, 0.15) is 6.61 Å². The summed E-state index contributed by atoms with van der Waals surface area (Å²) in [5.74, 6) is -0.393. The van der Waals surface area contributed by atoms with Gasteiger partial charge < -0.3 is 24.8 Å². The van der Waals surface area contributed by atoms with Crippen molar-refractivity contribution in [3.8, 4) is 0 Å². The molecule has 1 heterocycles. The Balaban J connectivity index is 2.86. The van der Waals surface area contributed by atoms with E-state index >= 15 is 0 Å². The summed E-state index contributed by atoms with van der Waals surface area (Å²) in [6.07, 6.45) is -0.954. The lowest BCUT2D eigenvalue weighted by molar-refractivity contribution is 0.0227. The number of methoxy groups -OCH3 is 1. The highest BCUT2D eigenvalue weighted by atomic mass is 16.5. The van der Waals surface area contributed by atoms with Crippen molar-refractivity contribution in [1.82, 2.24) is 10.5 Å². The van der Waals surface area contributed by atoms with Crippen LogP contribution in [0.3, 0.4) is 0 Å². The van der Waals surface area contributed by atoms with Crippen LogP contribution in [0.2, 0.25) is 0 Å². The molecule has 0 aliphatic rings. The number of nitrogens with zero attached hydrogens (tertiary/aromatic N) is 1. The molecule has 19 heavy (non-hydrogen) atoms. The number of rotatable bonds is 6. The molecule has 0 saturated carbocycles. The molecule has 1 aromatic heterocycles. The quantitative estimate of drug-likeness (QED) is 0.691. The van der Waals surface area contributed by atoms with Gasteiger partial charge >= 0.3 is 0 Å². The number of aromatic nitrogens is 1. The monoisotopic (exact) mass is 272 g/mol. The molecule has 7 heteroatoms. The molecule has 0 aliphatic carbocycles. The minimum Gasteiger partial charge on any atom is -0.388 e. The Bertz CT molecular complexity index is 439. The molecular formula is C12H20N2O5. The maximum absolute atomic E-state index is 12.0. The lowest BCUT2D eigenvalue weighted by Gasteiger charge is -2.22. The van der Waals surface area contributed by atoms with Gasteiger partial charge in [0.15, 0.2) is 11.5 Å². The number of carbonyl (C=O) groups is 1. The standard InChI is InChI=1S/C12H20N2O5/c1-7(16)9-8(5-15)19-14-10(9)11(17)13-6-12(2,3)18-4/h7,15-16H,5-6H2,1-4H3,(H,13,17). The van der Waals surface area contributed by atoms with Gasteiger partial charge in [-0.2, -0.15) is 0 Å². The number of hydrogen-bond acceptors (Lipinski definition) is 6. The van der Waals surface area contributed by atoms with Crippen molar-refractivity contribution in [3.05, 3.63) is 17.0 Å². The average molecular weight is 272 g/mol. The third kappa shape index (κ3) is 3.76. The Kier molecular flexibility index (Phi) is 5.04. The van der Waals surface area contributed by atoms with Crippen molar-refractivity contribution >= 4 is 5.91 Å². The van der Waals surface area contributed by atoms with Gasteiger partial charge in [0, 0.05) is 13.7 Å². The molecule has 1 unspecified atom stereocenters. The van der Waals surface area contributed by atoms with Crippen molar-refractivity contribution in [3.63, 3.8) is 0 Å². The predicted molar refractivity (Wildman–Crippen MR) is 66.5 cm³/mol. The molecule has 0 aliphatic heterocycles. The zero-order valence-corrected chi connectivity index (χ0v) is 11.6. The van der Waals surface area contributed by atoms with Crippen LogP contribution >= 0.6 is 0 Å². The minimum absolute atomic E-state index is 0.0223. The largest absolute Gasteiger partial charge is 0.388 e. The van der Waals surface area contributed by atoms with E-state index in [0.717, 1.165) is 0 Å². The molecule has 1 amide bonds. The zero-order chi connectivity index (χ0) is 14.6. The van der Waals surface area contributed by atoms with E-state index in [1.165, 1.54) is 6.92 Å². The highest BCUT2D eigenvalue weighted by Crippen LogP contribution is 2.22. The second-order valence-electron chi connectivity index (χ2n) is 4.85. The van der Waals surface area contributed by atoms with Crippen LogP contribution in [0.15, 0.2) is 4.52 Å². The van der Waals surface area contributed by atoms with Crippen molar-refractivity contribution in [2.24, 2.45) is 0 Å². The fourth-order valence-corrected chi connectivity index (χ4v) is 1.49. The van der Waals surface area contributed by atoms with Gasteiger partial charge in [-0.15, -0.1) is 0 Å². The van der Waals surface area contributed by atoms with E-state index in [0.29, 0.717) is 0 Å². The van der Waals surface area contributed by atoms with E-state index in [1.54, 1.807) is 7.11 Å². The van der Waals surface area contributed by atoms with Crippen molar-refractivity contribution in [1.29, 1.82) is 0 Å². The Morgan fingerprint density at radius 3 is 2.68 bits per heavy atom. The smallest absolute Gasteiger partial charge is 0.273 e. The summed E-state index contributed by atoms with van der Waals surface area (Å²) in [4.78, 5) is 12.0. The number of aliphatic hydroxyl groups is 2. The van der Waals surface area contributed by atoms with Gasteiger partial charge in [-0.05, 0) is 20.8 Å². The molecular weight excluding hydrogens is 252 g/mol. The first-order valence-corrected chi connectivity index (χ1v) is 5.93. The first-order valence-electron chi connectivity index (χ1n) is 5.93. The maximum atomic E-state index is 12.0. The van der Waals surface area contributed by atoms with E-state index in [2.05, 4.69) is 10.5 Å². The molecule has 0 spiro atoms. The Labute approximate surface area is 111 Å². The molecule has 1 aromatic rings. The first kappa shape index (κ1) is 15.6. The highest BCUT2D eigenvalue weighted by Gasteiger charge is 2.26. The number of ether oxygens (including phenoxy) is 1. The van der Waals surface area contributed by atoms with E-state index in [1.807, 2.05) is 13.8 Å². The highest BCUT2D eigenvalue weighted by molar-refractivity contribution is 5.93. The van der Waals surface area contributed by atoms with Crippen LogP contribution in [0.1, 0.15) is 48.7 Å². The lowest BCUT2D eigenvalue weighted by atomic mass is 10.1. The predicted octanol–water partition coefficient (Wildman–Crippen LogP) is 0.375. The average Bonchev–Trinajstić information content (AvgIpc) is 2.80. The first-order chi connectivity index (χ1) is 8.82. The third-order valence-electron chi connectivity index (χ3n) is 2.81. The van der Waals surface area contributed by atoms with Crippen LogP contribution in [0.5, 0.6) is 0 Å². The van der Waals surface area contributed by atoms with Crippen LogP contribution in [-0.4, -0.2) is 40.5 Å². The molecule has 108 valence electrons. The molecule has 1 atom stereocenters. The third-order valence-corrected chi connectivity index (χ3v) is 2.81. The van der Waals surface area contributed by atoms with Crippen LogP contribution in [-0.2, 0) is 11.3 Å². The lowest BCUT2D eigenvalue weighted by Crippen LogP contribution is -2.40. The van der Waals surface area contributed by atoms with Gasteiger partial charge in [-0.1, -0.05) is 5.16 Å². The Hall–Kier alpha value is -1.44. The number of hydrogen-bond donors (Lipinski definition) is 3. The fraction of sp³-hybridized carbons (Fsp3) is 0.667. The summed E-state index contributed by atoms with van der Waals surface area (Å²) in [5, 5.41) is 24.9. The molecule has 3 N–H and O–H groups in total. The van der Waals surface area contributed by atoms with Crippen molar-refractivity contribution < 1.29 is 24.3 Å². The molecule has 0 bridgehead atoms.